The highest BCUT2D eigenvalue weighted by Crippen LogP contribution is 2.52. The zero-order chi connectivity index (χ0) is 27.3. The topological polar surface area (TPSA) is 92.5 Å². The summed E-state index contributed by atoms with van der Waals surface area (Å²) in [7, 11) is -3.82. The summed E-state index contributed by atoms with van der Waals surface area (Å²) in [5.74, 6) is -1.44. The molecule has 1 aromatic heterocycles. The van der Waals surface area contributed by atoms with Crippen LogP contribution in [-0.4, -0.2) is 39.3 Å². The molecule has 7 nitrogen and oxygen atoms in total. The van der Waals surface area contributed by atoms with Gasteiger partial charge in [0.15, 0.2) is 0 Å². The van der Waals surface area contributed by atoms with Crippen LogP contribution in [-0.2, 0) is 28.5 Å². The van der Waals surface area contributed by atoms with Gasteiger partial charge >= 0.3 is 0 Å². The molecule has 0 amide bonds. The summed E-state index contributed by atoms with van der Waals surface area (Å²) in [4.78, 5) is 12.3. The van der Waals surface area contributed by atoms with E-state index in [4.69, 9.17) is 0 Å². The van der Waals surface area contributed by atoms with Crippen molar-refractivity contribution in [1.82, 2.24) is 14.1 Å². The van der Waals surface area contributed by atoms with Crippen molar-refractivity contribution in [3.05, 3.63) is 99.5 Å². The molecule has 0 bridgehead atoms. The molecule has 5 rings (SSSR count). The second-order valence-electron chi connectivity index (χ2n) is 11.0. The van der Waals surface area contributed by atoms with Crippen LogP contribution in [0.2, 0.25) is 0 Å². The van der Waals surface area contributed by atoms with E-state index in [1.54, 1.807) is 38.1 Å². The fourth-order valence-corrected chi connectivity index (χ4v) is 8.41. The quantitative estimate of drug-likeness (QED) is 0.506. The smallest absolute Gasteiger partial charge is 0.266 e. The van der Waals surface area contributed by atoms with Crippen molar-refractivity contribution >= 4 is 10.0 Å². The van der Waals surface area contributed by atoms with Gasteiger partial charge in [-0.15, -0.1) is 0 Å². The average Bonchev–Trinajstić information content (AvgIpc) is 2.84. The van der Waals surface area contributed by atoms with Crippen molar-refractivity contribution in [2.24, 2.45) is 0 Å². The Balaban J connectivity index is 1.47. The third-order valence-electron chi connectivity index (χ3n) is 7.91. The predicted molar refractivity (Wildman–Crippen MR) is 139 cm³/mol. The van der Waals surface area contributed by atoms with Crippen LogP contribution in [0.25, 0.3) is 0 Å². The lowest BCUT2D eigenvalue weighted by Gasteiger charge is -2.52. The van der Waals surface area contributed by atoms with Gasteiger partial charge in [0.25, 0.3) is 5.56 Å². The van der Waals surface area contributed by atoms with Crippen LogP contribution >= 0.6 is 0 Å². The minimum Gasteiger partial charge on any atom is -0.390 e. The molecule has 2 atom stereocenters. The second kappa shape index (κ2) is 9.66. The highest BCUT2D eigenvalue weighted by molar-refractivity contribution is 7.89. The van der Waals surface area contributed by atoms with Crippen LogP contribution < -0.4 is 5.56 Å². The number of hydrogen-bond donors (Lipinski definition) is 1. The Hall–Kier alpha value is -2.95. The number of halogens is 2. The predicted octanol–water partition coefficient (Wildman–Crippen LogP) is 4.06. The zero-order valence-electron chi connectivity index (χ0n) is 21.3. The van der Waals surface area contributed by atoms with Crippen LogP contribution in [0.5, 0.6) is 0 Å². The lowest BCUT2D eigenvalue weighted by Crippen LogP contribution is -2.56. The van der Waals surface area contributed by atoms with Gasteiger partial charge in [0, 0.05) is 35.8 Å². The van der Waals surface area contributed by atoms with Gasteiger partial charge in [0.2, 0.25) is 10.0 Å². The minimum atomic E-state index is -3.82. The van der Waals surface area contributed by atoms with Crippen molar-refractivity contribution in [1.29, 1.82) is 0 Å². The summed E-state index contributed by atoms with van der Waals surface area (Å²) in [5, 5.41) is 13.8. The first-order valence-corrected chi connectivity index (χ1v) is 14.2. The Bertz CT molecular complexity index is 1500. The van der Waals surface area contributed by atoms with E-state index in [9.17, 15) is 18.3 Å². The zero-order valence-corrected chi connectivity index (χ0v) is 22.2. The molecule has 1 aliphatic heterocycles. The molecular weight excluding hydrogens is 512 g/mol. The Morgan fingerprint density at radius 2 is 1.76 bits per heavy atom. The normalized spacial score (nSPS) is 29.1. The van der Waals surface area contributed by atoms with Gasteiger partial charge < -0.3 is 5.11 Å². The maximum Gasteiger partial charge on any atom is 0.266 e. The monoisotopic (exact) mass is 543 g/mol. The summed E-state index contributed by atoms with van der Waals surface area (Å²) in [6.07, 6.45) is 2.73. The van der Waals surface area contributed by atoms with Crippen LogP contribution in [0.15, 0.2) is 65.6 Å². The Labute approximate surface area is 220 Å². The van der Waals surface area contributed by atoms with Gasteiger partial charge in [-0.05, 0) is 68.9 Å². The average molecular weight is 544 g/mol. The van der Waals surface area contributed by atoms with E-state index >= 15 is 8.78 Å². The van der Waals surface area contributed by atoms with Gasteiger partial charge in [0.1, 0.15) is 16.9 Å². The number of rotatable bonds is 6. The molecular formula is C28H31F2N3O4S. The molecule has 3 aromatic rings. The largest absolute Gasteiger partial charge is 0.390 e. The van der Waals surface area contributed by atoms with Crippen molar-refractivity contribution in [3.63, 3.8) is 0 Å². The fraction of sp³-hybridized carbons (Fsp3) is 0.429. The molecule has 38 heavy (non-hydrogen) atoms. The number of nitrogens with zero attached hydrogens (tertiary/aromatic N) is 3. The molecule has 0 unspecified atom stereocenters. The van der Waals surface area contributed by atoms with E-state index in [0.29, 0.717) is 18.4 Å². The van der Waals surface area contributed by atoms with Gasteiger partial charge in [-0.25, -0.2) is 21.9 Å². The van der Waals surface area contributed by atoms with Crippen LogP contribution in [0, 0.1) is 11.6 Å². The van der Waals surface area contributed by atoms with Gasteiger partial charge in [0.05, 0.1) is 12.1 Å². The van der Waals surface area contributed by atoms with E-state index in [-0.39, 0.29) is 48.7 Å². The first-order valence-electron chi connectivity index (χ1n) is 12.7. The molecule has 0 spiro atoms. The van der Waals surface area contributed by atoms with Gasteiger partial charge in [-0.3, -0.25) is 4.79 Å². The van der Waals surface area contributed by atoms with Gasteiger partial charge in [-0.2, -0.15) is 9.40 Å². The van der Waals surface area contributed by atoms with Crippen molar-refractivity contribution in [2.75, 3.05) is 0 Å². The minimum absolute atomic E-state index is 0.0190. The van der Waals surface area contributed by atoms with E-state index in [0.717, 1.165) is 12.1 Å². The van der Waals surface area contributed by atoms with Crippen LogP contribution in [0.3, 0.4) is 0 Å². The third kappa shape index (κ3) is 4.81. The third-order valence-corrected chi connectivity index (χ3v) is 10.3. The van der Waals surface area contributed by atoms with E-state index in [1.165, 1.54) is 27.3 Å². The molecule has 10 heteroatoms. The van der Waals surface area contributed by atoms with Crippen molar-refractivity contribution in [3.8, 4) is 0 Å². The second-order valence-corrected chi connectivity index (χ2v) is 13.1. The molecule has 1 N–H and O–H groups in total. The molecule has 2 aromatic carbocycles. The Morgan fingerprint density at radius 3 is 2.42 bits per heavy atom. The van der Waals surface area contributed by atoms with Crippen LogP contribution in [0.1, 0.15) is 61.5 Å². The van der Waals surface area contributed by atoms with Crippen molar-refractivity contribution < 1.29 is 22.3 Å². The molecule has 202 valence electrons. The standard InChI is InChI=1S/C28H31F2N3O4S/c1-19-10-11-25(20-7-4-3-5-8-20)38(36,37)33(19)15-21-13-24(30)22(14-23(21)29)28(16-27(2,35)17-28)18-32-26(34)9-6-12-31-32/h3-9,12-14,19,25,35H,10-11,15-18H2,1-2H3/t19-,25+,27-,28+/m0/s1. The first kappa shape index (κ1) is 26.6. The molecule has 2 aliphatic rings. The summed E-state index contributed by atoms with van der Waals surface area (Å²) >= 11 is 0. The number of aromatic nitrogens is 2. The lowest BCUT2D eigenvalue weighted by atomic mass is 9.56. The van der Waals surface area contributed by atoms with E-state index in [2.05, 4.69) is 5.10 Å². The fourth-order valence-electron chi connectivity index (χ4n) is 6.22. The summed E-state index contributed by atoms with van der Waals surface area (Å²) < 4.78 is 60.8. The molecule has 2 fully saturated rings. The first-order chi connectivity index (χ1) is 17.9. The van der Waals surface area contributed by atoms with Crippen LogP contribution in [0.4, 0.5) is 8.78 Å². The Morgan fingerprint density at radius 1 is 1.05 bits per heavy atom. The molecule has 1 aliphatic carbocycles. The SMILES string of the molecule is C[C@H]1CC[C@H](c2ccccc2)S(=O)(=O)N1Cc1cc(F)c([C@]2(Cn3ncccc3=O)C[C@](C)(O)C2)cc1F. The summed E-state index contributed by atoms with van der Waals surface area (Å²) in [6.45, 7) is 3.08. The van der Waals surface area contributed by atoms with E-state index in [1.807, 2.05) is 6.07 Å². The number of hydrogen-bond acceptors (Lipinski definition) is 5. The van der Waals surface area contributed by atoms with E-state index < -0.39 is 37.9 Å². The molecule has 1 saturated carbocycles. The maximum absolute atomic E-state index is 15.7. The van der Waals surface area contributed by atoms with Crippen molar-refractivity contribution in [2.45, 2.75) is 74.9 Å². The number of sulfonamides is 1. The Kier molecular flexibility index (Phi) is 6.77. The molecule has 2 heterocycles. The molecule has 1 saturated heterocycles. The summed E-state index contributed by atoms with van der Waals surface area (Å²) in [5.41, 5.74) is -1.85. The highest BCUT2D eigenvalue weighted by atomic mass is 32.2. The number of aliphatic hydroxyl groups is 1. The van der Waals surface area contributed by atoms with Gasteiger partial charge in [-0.1, -0.05) is 30.3 Å². The summed E-state index contributed by atoms with van der Waals surface area (Å²) in [6, 6.07) is 13.5. The number of benzene rings is 2. The maximum atomic E-state index is 15.7. The lowest BCUT2D eigenvalue weighted by molar-refractivity contribution is -0.0846. The highest BCUT2D eigenvalue weighted by Gasteiger charge is 2.54. The molecule has 0 radical (unpaired) electrons.